The minimum Gasteiger partial charge on any atom is -0.485 e. The largest absolute Gasteiger partial charge is 0.485 e. The maximum absolute atomic E-state index is 11.4. The van der Waals surface area contributed by atoms with Gasteiger partial charge in [-0.05, 0) is 19.4 Å². The molecule has 19 heavy (non-hydrogen) atoms. The van der Waals surface area contributed by atoms with Gasteiger partial charge in [0.1, 0.15) is 6.61 Å². The van der Waals surface area contributed by atoms with Crippen LogP contribution in [0.5, 0.6) is 5.75 Å². The average Bonchev–Trinajstić information content (AvgIpc) is 2.67. The van der Waals surface area contributed by atoms with Crippen LogP contribution in [0, 0.1) is 13.8 Å². The van der Waals surface area contributed by atoms with Crippen molar-refractivity contribution in [1.82, 2.24) is 9.78 Å². The summed E-state index contributed by atoms with van der Waals surface area (Å²) >= 11 is 0. The Hall–Kier alpha value is -2.10. The van der Waals surface area contributed by atoms with Gasteiger partial charge in [-0.1, -0.05) is 29.3 Å². The number of hydrogen-bond donors (Lipinski definition) is 0. The summed E-state index contributed by atoms with van der Waals surface area (Å²) in [6, 6.07) is 6.28. The molecule has 100 valence electrons. The van der Waals surface area contributed by atoms with Gasteiger partial charge < -0.3 is 4.74 Å². The average molecular weight is 258 g/mol. The topological polar surface area (TPSA) is 44.1 Å². The van der Waals surface area contributed by atoms with E-state index < -0.39 is 0 Å². The summed E-state index contributed by atoms with van der Waals surface area (Å²) in [5, 5.41) is 4.10. The van der Waals surface area contributed by atoms with E-state index in [-0.39, 0.29) is 5.78 Å². The molecule has 0 fully saturated rings. The number of aryl methyl sites for hydroxylation is 3. The summed E-state index contributed by atoms with van der Waals surface area (Å²) in [6.07, 6.45) is 1.72. The van der Waals surface area contributed by atoms with Crippen molar-refractivity contribution < 1.29 is 9.53 Å². The summed E-state index contributed by atoms with van der Waals surface area (Å²) in [5.74, 6) is 0.449. The monoisotopic (exact) mass is 258 g/mol. The zero-order valence-corrected chi connectivity index (χ0v) is 11.7. The van der Waals surface area contributed by atoms with Crippen LogP contribution in [0.3, 0.4) is 0 Å². The highest BCUT2D eigenvalue weighted by molar-refractivity contribution is 5.94. The second-order valence-electron chi connectivity index (χ2n) is 4.86. The van der Waals surface area contributed by atoms with E-state index in [1.165, 1.54) is 18.1 Å². The van der Waals surface area contributed by atoms with Gasteiger partial charge in [0.25, 0.3) is 0 Å². The second kappa shape index (κ2) is 5.26. The maximum Gasteiger partial charge on any atom is 0.183 e. The number of ether oxygens (including phenoxy) is 1. The van der Waals surface area contributed by atoms with Gasteiger partial charge in [0.2, 0.25) is 0 Å². The van der Waals surface area contributed by atoms with Crippen molar-refractivity contribution in [1.29, 1.82) is 0 Å². The molecule has 2 rings (SSSR count). The predicted molar refractivity (Wildman–Crippen MR) is 73.5 cm³/mol. The molecule has 0 spiro atoms. The molecular formula is C15H18N2O2. The molecule has 1 aromatic heterocycles. The number of benzene rings is 1. The number of carbonyl (C=O) groups excluding carboxylic acids is 1. The molecule has 0 aliphatic rings. The first-order valence-electron chi connectivity index (χ1n) is 6.20. The summed E-state index contributed by atoms with van der Waals surface area (Å²) in [5.41, 5.74) is 3.89. The van der Waals surface area contributed by atoms with Gasteiger partial charge in [-0.2, -0.15) is 5.10 Å². The first kappa shape index (κ1) is 13.3. The Labute approximate surface area is 113 Å². The minimum absolute atomic E-state index is 0.0870. The van der Waals surface area contributed by atoms with Crippen LogP contribution in [0.15, 0.2) is 24.4 Å². The Kier molecular flexibility index (Phi) is 3.69. The number of hydrogen-bond acceptors (Lipinski definition) is 3. The van der Waals surface area contributed by atoms with Crippen LogP contribution in [-0.4, -0.2) is 15.6 Å². The van der Waals surface area contributed by atoms with Crippen LogP contribution in [0.4, 0.5) is 0 Å². The highest BCUT2D eigenvalue weighted by Crippen LogP contribution is 2.19. The van der Waals surface area contributed by atoms with Crippen molar-refractivity contribution in [2.24, 2.45) is 7.05 Å². The third kappa shape index (κ3) is 3.22. The first-order chi connectivity index (χ1) is 8.95. The molecule has 0 bridgehead atoms. The Morgan fingerprint density at radius 2 is 1.89 bits per heavy atom. The summed E-state index contributed by atoms with van der Waals surface area (Å²) in [6.45, 7) is 6.05. The van der Waals surface area contributed by atoms with Crippen molar-refractivity contribution in [2.75, 3.05) is 0 Å². The van der Waals surface area contributed by atoms with Gasteiger partial charge in [-0.15, -0.1) is 0 Å². The van der Waals surface area contributed by atoms with Gasteiger partial charge in [0, 0.05) is 14.0 Å². The Morgan fingerprint density at radius 3 is 2.47 bits per heavy atom. The first-order valence-corrected chi connectivity index (χ1v) is 6.20. The van der Waals surface area contributed by atoms with Crippen LogP contribution in [-0.2, 0) is 13.7 Å². The predicted octanol–water partition coefficient (Wildman–Crippen LogP) is 2.82. The molecule has 4 nitrogen and oxygen atoms in total. The number of nitrogens with zero attached hydrogens (tertiary/aromatic N) is 2. The molecule has 0 N–H and O–H groups in total. The third-order valence-corrected chi connectivity index (χ3v) is 2.80. The smallest absolute Gasteiger partial charge is 0.183 e. The molecule has 1 aromatic carbocycles. The number of ketones is 1. The fourth-order valence-electron chi connectivity index (χ4n) is 2.13. The van der Waals surface area contributed by atoms with Gasteiger partial charge in [0.05, 0.1) is 6.20 Å². The van der Waals surface area contributed by atoms with E-state index in [1.54, 1.807) is 17.9 Å². The quantitative estimate of drug-likeness (QED) is 0.792. The van der Waals surface area contributed by atoms with Crippen molar-refractivity contribution in [3.05, 3.63) is 46.8 Å². The van der Waals surface area contributed by atoms with Crippen LogP contribution in [0.2, 0.25) is 0 Å². The molecular weight excluding hydrogens is 240 g/mol. The molecule has 1 heterocycles. The standard InChI is InChI=1S/C15H18N2O2/c1-10-5-11(2)7-13(6-10)9-19-14-8-17(4)16-15(14)12(3)18/h5-8H,9H2,1-4H3. The lowest BCUT2D eigenvalue weighted by molar-refractivity contribution is 0.100. The fourth-order valence-corrected chi connectivity index (χ4v) is 2.13. The minimum atomic E-state index is -0.0870. The van der Waals surface area contributed by atoms with Gasteiger partial charge in [-0.25, -0.2) is 0 Å². The highest BCUT2D eigenvalue weighted by Gasteiger charge is 2.13. The van der Waals surface area contributed by atoms with Crippen molar-refractivity contribution in [3.63, 3.8) is 0 Å². The second-order valence-corrected chi connectivity index (χ2v) is 4.86. The van der Waals surface area contributed by atoms with E-state index in [2.05, 4.69) is 37.1 Å². The molecule has 0 aliphatic carbocycles. The molecule has 0 aliphatic heterocycles. The third-order valence-electron chi connectivity index (χ3n) is 2.80. The zero-order chi connectivity index (χ0) is 14.0. The van der Waals surface area contributed by atoms with E-state index in [0.29, 0.717) is 18.1 Å². The van der Waals surface area contributed by atoms with Crippen molar-refractivity contribution >= 4 is 5.78 Å². The molecule has 0 amide bonds. The Morgan fingerprint density at radius 1 is 1.26 bits per heavy atom. The SMILES string of the molecule is CC(=O)c1nn(C)cc1OCc1cc(C)cc(C)c1. The lowest BCUT2D eigenvalue weighted by atomic mass is 10.1. The van der Waals surface area contributed by atoms with Gasteiger partial charge in [-0.3, -0.25) is 9.48 Å². The van der Waals surface area contributed by atoms with E-state index in [0.717, 1.165) is 5.56 Å². The van der Waals surface area contributed by atoms with Crippen LogP contribution in [0.25, 0.3) is 0 Å². The number of carbonyl (C=O) groups is 1. The Bertz CT molecular complexity index is 594. The van der Waals surface area contributed by atoms with Crippen LogP contribution < -0.4 is 4.74 Å². The summed E-state index contributed by atoms with van der Waals surface area (Å²) in [4.78, 5) is 11.4. The summed E-state index contributed by atoms with van der Waals surface area (Å²) in [7, 11) is 1.77. The zero-order valence-electron chi connectivity index (χ0n) is 11.7. The van der Waals surface area contributed by atoms with E-state index >= 15 is 0 Å². The molecule has 2 aromatic rings. The summed E-state index contributed by atoms with van der Waals surface area (Å²) < 4.78 is 7.30. The molecule has 4 heteroatoms. The molecule has 0 unspecified atom stereocenters. The maximum atomic E-state index is 11.4. The molecule has 0 radical (unpaired) electrons. The normalized spacial score (nSPS) is 10.5. The van der Waals surface area contributed by atoms with E-state index in [1.807, 2.05) is 0 Å². The number of rotatable bonds is 4. The molecule has 0 saturated heterocycles. The van der Waals surface area contributed by atoms with Gasteiger partial charge in [0.15, 0.2) is 17.2 Å². The Balaban J connectivity index is 2.16. The molecule has 0 atom stereocenters. The van der Waals surface area contributed by atoms with E-state index in [4.69, 9.17) is 4.74 Å². The van der Waals surface area contributed by atoms with Crippen LogP contribution in [0.1, 0.15) is 34.1 Å². The van der Waals surface area contributed by atoms with Crippen molar-refractivity contribution in [3.8, 4) is 5.75 Å². The lowest BCUT2D eigenvalue weighted by Crippen LogP contribution is -2.01. The van der Waals surface area contributed by atoms with Gasteiger partial charge >= 0.3 is 0 Å². The lowest BCUT2D eigenvalue weighted by Gasteiger charge is -2.07. The van der Waals surface area contributed by atoms with Crippen molar-refractivity contribution in [2.45, 2.75) is 27.4 Å². The molecule has 0 saturated carbocycles. The van der Waals surface area contributed by atoms with E-state index in [9.17, 15) is 4.79 Å². The number of aromatic nitrogens is 2. The number of Topliss-reactive ketones (excluding diaryl/α,β-unsaturated/α-hetero) is 1. The highest BCUT2D eigenvalue weighted by atomic mass is 16.5. The fraction of sp³-hybridized carbons (Fsp3) is 0.333. The van der Waals surface area contributed by atoms with Crippen LogP contribution >= 0.6 is 0 Å².